The molecule has 1 aromatic heterocycles. The average molecular weight is 591 g/mol. The Bertz CT molecular complexity index is 1250. The SMILES string of the molecule is O=C(O)NCCCN1CCN(c2ccc(OCC3COC(Cn4ccnc4)(c4ccc(Cl)cc4Cl)O3)cc2)CC1. The molecule has 3 heterocycles. The second-order valence-electron chi connectivity index (χ2n) is 9.88. The number of carbonyl (C=O) groups is 1. The van der Waals surface area contributed by atoms with Crippen molar-refractivity contribution in [2.75, 3.05) is 57.4 Å². The van der Waals surface area contributed by atoms with Crippen molar-refractivity contribution in [1.29, 1.82) is 0 Å². The van der Waals surface area contributed by atoms with E-state index in [-0.39, 0.29) is 6.10 Å². The molecule has 2 unspecified atom stereocenters. The molecule has 2 aliphatic heterocycles. The lowest BCUT2D eigenvalue weighted by Gasteiger charge is -2.36. The molecular weight excluding hydrogens is 557 g/mol. The van der Waals surface area contributed by atoms with E-state index in [4.69, 9.17) is 42.5 Å². The van der Waals surface area contributed by atoms with Crippen molar-refractivity contribution in [2.45, 2.75) is 24.9 Å². The van der Waals surface area contributed by atoms with Crippen molar-refractivity contribution in [2.24, 2.45) is 0 Å². The molecular formula is C28H33Cl2N5O5. The van der Waals surface area contributed by atoms with Crippen molar-refractivity contribution >= 4 is 35.0 Å². The molecule has 2 fully saturated rings. The van der Waals surface area contributed by atoms with E-state index in [9.17, 15) is 4.79 Å². The highest BCUT2D eigenvalue weighted by molar-refractivity contribution is 6.35. The van der Waals surface area contributed by atoms with Crippen LogP contribution in [0.25, 0.3) is 0 Å². The summed E-state index contributed by atoms with van der Waals surface area (Å²) < 4.78 is 20.7. The number of nitrogens with zero attached hydrogens (tertiary/aromatic N) is 4. The van der Waals surface area contributed by atoms with Crippen LogP contribution in [0.1, 0.15) is 12.0 Å². The first-order chi connectivity index (χ1) is 19.4. The van der Waals surface area contributed by atoms with Crippen molar-refractivity contribution in [3.05, 3.63) is 76.8 Å². The summed E-state index contributed by atoms with van der Waals surface area (Å²) in [6.45, 7) is 6.17. The van der Waals surface area contributed by atoms with E-state index in [1.54, 1.807) is 24.7 Å². The van der Waals surface area contributed by atoms with Gasteiger partial charge in [0.2, 0.25) is 5.79 Å². The minimum atomic E-state index is -1.09. The number of imidazole rings is 1. The lowest BCUT2D eigenvalue weighted by atomic mass is 10.1. The highest BCUT2D eigenvalue weighted by Crippen LogP contribution is 2.40. The molecule has 2 saturated heterocycles. The largest absolute Gasteiger partial charge is 0.491 e. The molecule has 12 heteroatoms. The fourth-order valence-corrected chi connectivity index (χ4v) is 5.60. The van der Waals surface area contributed by atoms with E-state index in [2.05, 4.69) is 32.2 Å². The van der Waals surface area contributed by atoms with Gasteiger partial charge in [0.15, 0.2) is 0 Å². The lowest BCUT2D eigenvalue weighted by molar-refractivity contribution is -0.189. The summed E-state index contributed by atoms with van der Waals surface area (Å²) in [5.41, 5.74) is 1.85. The smallest absolute Gasteiger partial charge is 0.404 e. The van der Waals surface area contributed by atoms with Gasteiger partial charge in [-0.25, -0.2) is 9.78 Å². The molecule has 3 aromatic rings. The third kappa shape index (κ3) is 7.18. The van der Waals surface area contributed by atoms with E-state index >= 15 is 0 Å². The van der Waals surface area contributed by atoms with Crippen LogP contribution < -0.4 is 15.0 Å². The highest BCUT2D eigenvalue weighted by atomic mass is 35.5. The van der Waals surface area contributed by atoms with Crippen molar-refractivity contribution < 1.29 is 24.1 Å². The number of rotatable bonds is 11. The zero-order chi connectivity index (χ0) is 28.0. The van der Waals surface area contributed by atoms with E-state index in [1.165, 1.54) is 0 Å². The van der Waals surface area contributed by atoms with Crippen molar-refractivity contribution in [1.82, 2.24) is 19.8 Å². The Balaban J connectivity index is 1.13. The van der Waals surface area contributed by atoms with E-state index < -0.39 is 11.9 Å². The van der Waals surface area contributed by atoms with Crippen LogP contribution in [-0.4, -0.2) is 84.2 Å². The van der Waals surface area contributed by atoms with E-state index in [0.717, 1.165) is 50.6 Å². The summed E-state index contributed by atoms with van der Waals surface area (Å²) in [6.07, 6.45) is 4.81. The van der Waals surface area contributed by atoms with Gasteiger partial charge in [-0.15, -0.1) is 0 Å². The third-order valence-corrected chi connectivity index (χ3v) is 7.64. The van der Waals surface area contributed by atoms with Gasteiger partial charge in [0, 0.05) is 61.4 Å². The summed E-state index contributed by atoms with van der Waals surface area (Å²) >= 11 is 12.7. The maximum Gasteiger partial charge on any atom is 0.404 e. The zero-order valence-electron chi connectivity index (χ0n) is 22.0. The Morgan fingerprint density at radius 2 is 1.95 bits per heavy atom. The number of ether oxygens (including phenoxy) is 3. The fraction of sp³-hybridized carbons (Fsp3) is 0.429. The Labute approximate surface area is 243 Å². The maximum atomic E-state index is 10.6. The quantitative estimate of drug-likeness (QED) is 0.319. The molecule has 5 rings (SSSR count). The Morgan fingerprint density at radius 1 is 1.15 bits per heavy atom. The average Bonchev–Trinajstić information content (AvgIpc) is 3.61. The van der Waals surface area contributed by atoms with E-state index in [1.807, 2.05) is 29.0 Å². The molecule has 2 aromatic carbocycles. The molecule has 214 valence electrons. The number of hydrogen-bond donors (Lipinski definition) is 2. The molecule has 2 atom stereocenters. The molecule has 0 bridgehead atoms. The number of anilines is 1. The number of benzene rings is 2. The first kappa shape index (κ1) is 28.5. The molecule has 0 saturated carbocycles. The highest BCUT2D eigenvalue weighted by Gasteiger charge is 2.45. The lowest BCUT2D eigenvalue weighted by Crippen LogP contribution is -2.47. The van der Waals surface area contributed by atoms with Gasteiger partial charge in [-0.05, 0) is 49.4 Å². The van der Waals surface area contributed by atoms with Crippen molar-refractivity contribution in [3.63, 3.8) is 0 Å². The topological polar surface area (TPSA) is 101 Å². The number of carboxylic acid groups (broad SMARTS) is 1. The standard InChI is InChI=1S/C28H33Cl2N5O5/c29-21-2-7-25(26(30)16-21)28(19-34-11-9-31-20-34)39-18-24(40-28)17-38-23-5-3-22(4-6-23)35-14-12-33(13-15-35)10-1-8-32-27(36)37/h2-7,9,11,16,20,24,32H,1,8,10,12-15,17-19H2,(H,36,37). The summed E-state index contributed by atoms with van der Waals surface area (Å²) in [5, 5.41) is 12.1. The second-order valence-corrected chi connectivity index (χ2v) is 10.7. The van der Waals surface area contributed by atoms with Gasteiger partial charge in [-0.3, -0.25) is 4.90 Å². The number of aromatic nitrogens is 2. The van der Waals surface area contributed by atoms with Crippen LogP contribution in [0, 0.1) is 0 Å². The number of piperazine rings is 1. The third-order valence-electron chi connectivity index (χ3n) is 7.09. The molecule has 0 spiro atoms. The molecule has 0 aliphatic carbocycles. The minimum absolute atomic E-state index is 0.297. The van der Waals surface area contributed by atoms with Gasteiger partial charge in [-0.2, -0.15) is 0 Å². The summed E-state index contributed by atoms with van der Waals surface area (Å²) in [4.78, 5) is 19.4. The number of amides is 1. The van der Waals surface area contributed by atoms with Gasteiger partial charge >= 0.3 is 6.09 Å². The van der Waals surface area contributed by atoms with Gasteiger partial charge in [0.05, 0.1) is 24.5 Å². The summed E-state index contributed by atoms with van der Waals surface area (Å²) in [5.74, 6) is -0.330. The van der Waals surface area contributed by atoms with Gasteiger partial charge in [0.1, 0.15) is 18.5 Å². The number of hydrogen-bond acceptors (Lipinski definition) is 7. The predicted molar refractivity (Wildman–Crippen MR) is 152 cm³/mol. The number of nitrogens with one attached hydrogen (secondary N) is 1. The molecule has 1 amide bonds. The molecule has 40 heavy (non-hydrogen) atoms. The van der Waals surface area contributed by atoms with Gasteiger partial charge in [-0.1, -0.05) is 29.3 Å². The summed E-state index contributed by atoms with van der Waals surface area (Å²) in [6, 6.07) is 13.4. The van der Waals surface area contributed by atoms with Crippen LogP contribution in [0.3, 0.4) is 0 Å². The normalized spacial score (nSPS) is 21.4. The van der Waals surface area contributed by atoms with Gasteiger partial charge < -0.3 is 34.1 Å². The first-order valence-electron chi connectivity index (χ1n) is 13.3. The summed E-state index contributed by atoms with van der Waals surface area (Å²) in [7, 11) is 0. The monoisotopic (exact) mass is 589 g/mol. The van der Waals surface area contributed by atoms with Gasteiger partial charge in [0.25, 0.3) is 0 Å². The Kier molecular flexibility index (Phi) is 9.33. The minimum Gasteiger partial charge on any atom is -0.491 e. The molecule has 2 aliphatic rings. The van der Waals surface area contributed by atoms with Crippen LogP contribution in [0.5, 0.6) is 5.75 Å². The maximum absolute atomic E-state index is 10.6. The fourth-order valence-electron chi connectivity index (χ4n) is 5.05. The Hall–Kier alpha value is -3.02. The van der Waals surface area contributed by atoms with Crippen LogP contribution >= 0.6 is 23.2 Å². The molecule has 10 nitrogen and oxygen atoms in total. The van der Waals surface area contributed by atoms with Crippen LogP contribution in [0.4, 0.5) is 10.5 Å². The molecule has 0 radical (unpaired) electrons. The van der Waals surface area contributed by atoms with Crippen LogP contribution in [0.15, 0.2) is 61.2 Å². The predicted octanol–water partition coefficient (Wildman–Crippen LogP) is 4.32. The molecule has 2 N–H and O–H groups in total. The van der Waals surface area contributed by atoms with E-state index in [0.29, 0.717) is 41.9 Å². The zero-order valence-corrected chi connectivity index (χ0v) is 23.6. The Morgan fingerprint density at radius 3 is 2.65 bits per heavy atom. The van der Waals surface area contributed by atoms with Crippen LogP contribution in [0.2, 0.25) is 10.0 Å². The van der Waals surface area contributed by atoms with Crippen LogP contribution in [-0.2, 0) is 21.8 Å². The second kappa shape index (κ2) is 13.1. The van der Waals surface area contributed by atoms with Crippen molar-refractivity contribution in [3.8, 4) is 5.75 Å². The number of halogens is 2. The first-order valence-corrected chi connectivity index (χ1v) is 14.1.